The molecule has 0 aliphatic rings. The van der Waals surface area contributed by atoms with Crippen LogP contribution in [0.5, 0.6) is 0 Å². The van der Waals surface area contributed by atoms with E-state index < -0.39 is 21.2 Å². The van der Waals surface area contributed by atoms with Gasteiger partial charge in [0.2, 0.25) is 5.78 Å². The van der Waals surface area contributed by atoms with Gasteiger partial charge in [0.1, 0.15) is 11.3 Å². The molecule has 0 spiro atoms. The molecule has 8 nitrogen and oxygen atoms in total. The first-order valence-corrected chi connectivity index (χ1v) is 9.72. The van der Waals surface area contributed by atoms with Gasteiger partial charge in [-0.1, -0.05) is 11.6 Å². The monoisotopic (exact) mass is 394 g/mol. The van der Waals surface area contributed by atoms with Crippen LogP contribution < -0.4 is 5.56 Å². The Balaban J connectivity index is 2.30. The van der Waals surface area contributed by atoms with Crippen LogP contribution in [0.25, 0.3) is 5.69 Å². The predicted octanol–water partition coefficient (Wildman–Crippen LogP) is 1.50. The first-order chi connectivity index (χ1) is 12.1. The van der Waals surface area contributed by atoms with Crippen molar-refractivity contribution >= 4 is 27.2 Å². The van der Waals surface area contributed by atoms with Crippen LogP contribution in [0.1, 0.15) is 21.6 Å². The summed E-state index contributed by atoms with van der Waals surface area (Å²) in [5.74, 6) is -0.595. The van der Waals surface area contributed by atoms with Gasteiger partial charge in [-0.25, -0.2) is 13.1 Å². The van der Waals surface area contributed by atoms with E-state index in [0.717, 1.165) is 6.26 Å². The molecule has 0 unspecified atom stereocenters. The van der Waals surface area contributed by atoms with Crippen molar-refractivity contribution in [2.45, 2.75) is 11.8 Å². The Morgan fingerprint density at radius 3 is 2.50 bits per heavy atom. The number of ketones is 1. The number of carbonyl (C=O) groups is 1. The molecule has 0 aliphatic heterocycles. The van der Waals surface area contributed by atoms with Gasteiger partial charge in [0.25, 0.3) is 5.56 Å². The van der Waals surface area contributed by atoms with Crippen molar-refractivity contribution in [3.8, 4) is 5.69 Å². The smallest absolute Gasteiger partial charge is 0.277 e. The molecular weight excluding hydrogens is 380 g/mol. The maximum Gasteiger partial charge on any atom is 0.277 e. The SMILES string of the molecule is Cc1[nH]n(C)c(=O)c1C(=O)c1ccc(S(C)(=O)=O)c(-n2cccn2)c1Cl. The van der Waals surface area contributed by atoms with Crippen molar-refractivity contribution in [1.82, 2.24) is 19.6 Å². The molecule has 26 heavy (non-hydrogen) atoms. The lowest BCUT2D eigenvalue weighted by Crippen LogP contribution is -2.20. The van der Waals surface area contributed by atoms with Crippen LogP contribution in [0.4, 0.5) is 0 Å². The third kappa shape index (κ3) is 2.89. The number of aryl methyl sites for hydroxylation is 2. The van der Waals surface area contributed by atoms with E-state index in [9.17, 15) is 18.0 Å². The van der Waals surface area contributed by atoms with Crippen LogP contribution in [-0.2, 0) is 16.9 Å². The van der Waals surface area contributed by atoms with Gasteiger partial charge in [0.15, 0.2) is 9.84 Å². The average Bonchev–Trinajstić information content (AvgIpc) is 3.14. The molecule has 0 fully saturated rings. The fourth-order valence-electron chi connectivity index (χ4n) is 2.72. The van der Waals surface area contributed by atoms with E-state index in [4.69, 9.17) is 11.6 Å². The van der Waals surface area contributed by atoms with Crippen LogP contribution in [0, 0.1) is 6.92 Å². The fourth-order valence-corrected chi connectivity index (χ4v) is 3.98. The second-order valence-corrected chi connectivity index (χ2v) is 8.16. The molecule has 1 N–H and O–H groups in total. The summed E-state index contributed by atoms with van der Waals surface area (Å²) in [5, 5.41) is 6.68. The third-order valence-electron chi connectivity index (χ3n) is 3.91. The van der Waals surface area contributed by atoms with Crippen molar-refractivity contribution in [3.63, 3.8) is 0 Å². The minimum absolute atomic E-state index is 0.0179. The van der Waals surface area contributed by atoms with E-state index in [1.54, 1.807) is 13.0 Å². The van der Waals surface area contributed by atoms with Crippen molar-refractivity contribution < 1.29 is 13.2 Å². The molecule has 0 saturated heterocycles. The number of hydrogen-bond donors (Lipinski definition) is 1. The maximum atomic E-state index is 12.9. The highest BCUT2D eigenvalue weighted by Crippen LogP contribution is 2.32. The van der Waals surface area contributed by atoms with Crippen molar-refractivity contribution in [3.05, 3.63) is 62.8 Å². The number of aromatic amines is 1. The first-order valence-electron chi connectivity index (χ1n) is 7.45. The Morgan fingerprint density at radius 1 is 1.31 bits per heavy atom. The van der Waals surface area contributed by atoms with E-state index in [1.807, 2.05) is 0 Å². The number of carbonyl (C=O) groups excluding carboxylic acids is 1. The second-order valence-electron chi connectivity index (χ2n) is 5.80. The van der Waals surface area contributed by atoms with Gasteiger partial charge in [0.05, 0.1) is 9.92 Å². The minimum Gasteiger partial charge on any atom is -0.299 e. The summed E-state index contributed by atoms with van der Waals surface area (Å²) in [6.45, 7) is 1.60. The standard InChI is InChI=1S/C16H15ClN4O4S/c1-9-12(16(23)20(2)19-9)15(22)10-5-6-11(26(3,24)25)14(13(10)17)21-8-4-7-18-21/h4-8,19H,1-3H3. The Kier molecular flexibility index (Phi) is 4.37. The number of nitrogens with one attached hydrogen (secondary N) is 1. The van der Waals surface area contributed by atoms with Crippen molar-refractivity contribution in [1.29, 1.82) is 0 Å². The molecule has 0 amide bonds. The summed E-state index contributed by atoms with van der Waals surface area (Å²) in [6.07, 6.45) is 4.02. The number of sulfone groups is 1. The zero-order chi connectivity index (χ0) is 19.2. The molecular formula is C16H15ClN4O4S. The summed E-state index contributed by atoms with van der Waals surface area (Å²) in [6, 6.07) is 4.20. The third-order valence-corrected chi connectivity index (χ3v) is 5.42. The average molecular weight is 395 g/mol. The fraction of sp³-hybridized carbons (Fsp3) is 0.188. The van der Waals surface area contributed by atoms with E-state index in [1.165, 1.54) is 40.9 Å². The molecule has 1 aromatic carbocycles. The predicted molar refractivity (Wildman–Crippen MR) is 95.9 cm³/mol. The van der Waals surface area contributed by atoms with Gasteiger partial charge in [-0.15, -0.1) is 0 Å². The summed E-state index contributed by atoms with van der Waals surface area (Å²) in [4.78, 5) is 25.0. The molecule has 0 saturated carbocycles. The molecule has 0 aliphatic carbocycles. The number of H-pyrrole nitrogens is 1. The zero-order valence-corrected chi connectivity index (χ0v) is 15.7. The van der Waals surface area contributed by atoms with Gasteiger partial charge < -0.3 is 0 Å². The molecule has 3 aromatic rings. The molecule has 10 heteroatoms. The highest BCUT2D eigenvalue weighted by molar-refractivity contribution is 7.90. The normalized spacial score (nSPS) is 11.7. The molecule has 0 radical (unpaired) electrons. The molecule has 136 valence electrons. The summed E-state index contributed by atoms with van der Waals surface area (Å²) >= 11 is 6.40. The number of benzene rings is 1. The highest BCUT2D eigenvalue weighted by atomic mass is 35.5. The Labute approximate surface area is 153 Å². The molecule has 0 bridgehead atoms. The molecule has 0 atom stereocenters. The topological polar surface area (TPSA) is 107 Å². The van der Waals surface area contributed by atoms with Crippen molar-refractivity contribution in [2.75, 3.05) is 6.26 Å². The van der Waals surface area contributed by atoms with Gasteiger partial charge in [-0.3, -0.25) is 19.4 Å². The summed E-state index contributed by atoms with van der Waals surface area (Å²) < 4.78 is 26.7. The first kappa shape index (κ1) is 18.2. The summed E-state index contributed by atoms with van der Waals surface area (Å²) in [5.41, 5.74) is -0.0601. The van der Waals surface area contributed by atoms with Gasteiger partial charge in [-0.05, 0) is 25.1 Å². The van der Waals surface area contributed by atoms with Gasteiger partial charge in [-0.2, -0.15) is 5.10 Å². The summed E-state index contributed by atoms with van der Waals surface area (Å²) in [7, 11) is -2.13. The van der Waals surface area contributed by atoms with E-state index >= 15 is 0 Å². The number of rotatable bonds is 4. The van der Waals surface area contributed by atoms with Crippen LogP contribution >= 0.6 is 11.6 Å². The maximum absolute atomic E-state index is 12.9. The number of halogens is 1. The van der Waals surface area contributed by atoms with E-state index in [0.29, 0.717) is 5.69 Å². The van der Waals surface area contributed by atoms with E-state index in [-0.39, 0.29) is 26.7 Å². The Hall–Kier alpha value is -2.65. The van der Waals surface area contributed by atoms with E-state index in [2.05, 4.69) is 10.2 Å². The zero-order valence-electron chi connectivity index (χ0n) is 14.1. The highest BCUT2D eigenvalue weighted by Gasteiger charge is 2.26. The quantitative estimate of drug-likeness (QED) is 0.675. The lowest BCUT2D eigenvalue weighted by Gasteiger charge is -2.13. The number of hydrogen-bond acceptors (Lipinski definition) is 5. The molecule has 3 rings (SSSR count). The van der Waals surface area contributed by atoms with Gasteiger partial charge in [0, 0.05) is 37.0 Å². The lowest BCUT2D eigenvalue weighted by atomic mass is 10.0. The van der Waals surface area contributed by atoms with Crippen LogP contribution in [0.3, 0.4) is 0 Å². The minimum atomic E-state index is -3.63. The number of nitrogens with zero attached hydrogens (tertiary/aromatic N) is 3. The van der Waals surface area contributed by atoms with Crippen molar-refractivity contribution in [2.24, 2.45) is 7.05 Å². The van der Waals surface area contributed by atoms with Gasteiger partial charge >= 0.3 is 0 Å². The number of aromatic nitrogens is 4. The molecule has 2 aromatic heterocycles. The van der Waals surface area contributed by atoms with Crippen LogP contribution in [-0.4, -0.2) is 40.0 Å². The Bertz CT molecular complexity index is 1170. The second kappa shape index (κ2) is 6.26. The van der Waals surface area contributed by atoms with Crippen LogP contribution in [0.2, 0.25) is 5.02 Å². The lowest BCUT2D eigenvalue weighted by molar-refractivity contribution is 0.103. The van der Waals surface area contributed by atoms with Crippen LogP contribution in [0.15, 0.2) is 40.3 Å². The largest absolute Gasteiger partial charge is 0.299 e. The Morgan fingerprint density at radius 2 is 2.00 bits per heavy atom. The molecule has 2 heterocycles.